The number of hydrogen-bond donors (Lipinski definition) is 0. The van der Waals surface area contributed by atoms with E-state index in [-0.39, 0.29) is 6.09 Å². The summed E-state index contributed by atoms with van der Waals surface area (Å²) in [6.07, 6.45) is 6.15. The van der Waals surface area contributed by atoms with Gasteiger partial charge in [0.2, 0.25) is 0 Å². The Balaban J connectivity index is 1.87. The summed E-state index contributed by atoms with van der Waals surface area (Å²) in [5.41, 5.74) is -0.394. The molecule has 0 aliphatic carbocycles. The lowest BCUT2D eigenvalue weighted by Gasteiger charge is -2.41. The fourth-order valence-electron chi connectivity index (χ4n) is 3.03. The molecule has 0 unspecified atom stereocenters. The van der Waals surface area contributed by atoms with Gasteiger partial charge in [-0.2, -0.15) is 0 Å². The minimum Gasteiger partial charge on any atom is -0.444 e. The fraction of sp³-hybridized carbons (Fsp3) is 0.933. The Morgan fingerprint density at radius 1 is 1.05 bits per heavy atom. The predicted molar refractivity (Wildman–Crippen MR) is 76.3 cm³/mol. The summed E-state index contributed by atoms with van der Waals surface area (Å²) in [6, 6.07) is 0.543. The Labute approximate surface area is 117 Å². The molecule has 0 radical (unpaired) electrons. The van der Waals surface area contributed by atoms with Crippen LogP contribution in [0.5, 0.6) is 0 Å². The number of piperidine rings is 2. The topological polar surface area (TPSA) is 32.8 Å². The summed E-state index contributed by atoms with van der Waals surface area (Å²) in [5, 5.41) is 0. The second-order valence-electron chi connectivity index (χ2n) is 6.82. The minimum absolute atomic E-state index is 0.144. The third kappa shape index (κ3) is 4.37. The van der Waals surface area contributed by atoms with Gasteiger partial charge in [0.05, 0.1) is 0 Å². The summed E-state index contributed by atoms with van der Waals surface area (Å²) in [5.74, 6) is 0. The van der Waals surface area contributed by atoms with Crippen molar-refractivity contribution in [2.24, 2.45) is 0 Å². The fourth-order valence-corrected chi connectivity index (χ4v) is 3.03. The van der Waals surface area contributed by atoms with Crippen molar-refractivity contribution in [2.75, 3.05) is 26.2 Å². The maximum Gasteiger partial charge on any atom is 0.410 e. The van der Waals surface area contributed by atoms with Crippen LogP contribution in [0.25, 0.3) is 0 Å². The molecule has 19 heavy (non-hydrogen) atoms. The van der Waals surface area contributed by atoms with Gasteiger partial charge in [-0.15, -0.1) is 0 Å². The van der Waals surface area contributed by atoms with E-state index in [0.29, 0.717) is 6.04 Å². The molecule has 0 spiro atoms. The molecular formula is C15H28N2O2. The first-order valence-electron chi connectivity index (χ1n) is 7.68. The van der Waals surface area contributed by atoms with Gasteiger partial charge in [0.1, 0.15) is 5.60 Å². The number of likely N-dealkylation sites (tertiary alicyclic amines) is 2. The van der Waals surface area contributed by atoms with E-state index in [1.165, 1.54) is 38.8 Å². The van der Waals surface area contributed by atoms with E-state index < -0.39 is 5.60 Å². The predicted octanol–water partition coefficient (Wildman–Crippen LogP) is 2.87. The third-order valence-electron chi connectivity index (χ3n) is 3.96. The Kier molecular flexibility index (Phi) is 4.71. The molecule has 2 aliphatic rings. The maximum atomic E-state index is 12.1. The summed E-state index contributed by atoms with van der Waals surface area (Å²) in [4.78, 5) is 16.6. The number of carbonyl (C=O) groups excluding carboxylic acids is 1. The standard InChI is InChI=1S/C15H28N2O2/c1-15(2,3)19-14(18)17-11-7-8-13(12-17)16-9-5-4-6-10-16/h13H,4-12H2,1-3H3/t13-/m0/s1. The maximum absolute atomic E-state index is 12.1. The van der Waals surface area contributed by atoms with Crippen molar-refractivity contribution in [1.29, 1.82) is 0 Å². The highest BCUT2D eigenvalue weighted by Crippen LogP contribution is 2.21. The van der Waals surface area contributed by atoms with Crippen molar-refractivity contribution in [3.63, 3.8) is 0 Å². The molecule has 2 heterocycles. The lowest BCUT2D eigenvalue weighted by molar-refractivity contribution is 0.00888. The molecule has 2 saturated heterocycles. The number of hydrogen-bond acceptors (Lipinski definition) is 3. The average molecular weight is 268 g/mol. The van der Waals surface area contributed by atoms with E-state index in [2.05, 4.69) is 4.90 Å². The van der Waals surface area contributed by atoms with Crippen LogP contribution in [0.2, 0.25) is 0 Å². The number of ether oxygens (including phenoxy) is 1. The molecule has 2 rings (SSSR count). The third-order valence-corrected chi connectivity index (χ3v) is 3.96. The van der Waals surface area contributed by atoms with Gasteiger partial charge in [-0.05, 0) is 59.5 Å². The van der Waals surface area contributed by atoms with Crippen molar-refractivity contribution in [2.45, 2.75) is 64.5 Å². The zero-order chi connectivity index (χ0) is 13.9. The van der Waals surface area contributed by atoms with E-state index in [1.54, 1.807) is 0 Å². The first kappa shape index (κ1) is 14.6. The SMILES string of the molecule is CC(C)(C)OC(=O)N1CCC[C@H](N2CCCCC2)C1. The van der Waals surface area contributed by atoms with Gasteiger partial charge in [0.15, 0.2) is 0 Å². The van der Waals surface area contributed by atoms with Crippen molar-refractivity contribution in [1.82, 2.24) is 9.80 Å². The molecule has 0 saturated carbocycles. The molecule has 4 nitrogen and oxygen atoms in total. The summed E-state index contributed by atoms with van der Waals surface area (Å²) in [7, 11) is 0. The van der Waals surface area contributed by atoms with Crippen LogP contribution in [0.1, 0.15) is 52.9 Å². The molecule has 0 N–H and O–H groups in total. The van der Waals surface area contributed by atoms with E-state index >= 15 is 0 Å². The van der Waals surface area contributed by atoms with Gasteiger partial charge < -0.3 is 9.64 Å². The average Bonchev–Trinajstić information content (AvgIpc) is 2.38. The van der Waals surface area contributed by atoms with Gasteiger partial charge in [-0.1, -0.05) is 6.42 Å². The lowest BCUT2D eigenvalue weighted by atomic mass is 10.0. The van der Waals surface area contributed by atoms with Crippen LogP contribution < -0.4 is 0 Å². The van der Waals surface area contributed by atoms with Gasteiger partial charge in [-0.25, -0.2) is 4.79 Å². The highest BCUT2D eigenvalue weighted by atomic mass is 16.6. The Hall–Kier alpha value is -0.770. The van der Waals surface area contributed by atoms with Gasteiger partial charge in [-0.3, -0.25) is 4.90 Å². The summed E-state index contributed by atoms with van der Waals surface area (Å²) < 4.78 is 5.48. The smallest absolute Gasteiger partial charge is 0.410 e. The highest BCUT2D eigenvalue weighted by Gasteiger charge is 2.30. The zero-order valence-corrected chi connectivity index (χ0v) is 12.7. The molecule has 0 bridgehead atoms. The summed E-state index contributed by atoms with van der Waals surface area (Å²) in [6.45, 7) is 9.87. The number of nitrogens with zero attached hydrogens (tertiary/aromatic N) is 2. The molecule has 0 aromatic rings. The normalized spacial score (nSPS) is 26.3. The van der Waals surface area contributed by atoms with Crippen molar-refractivity contribution >= 4 is 6.09 Å². The second kappa shape index (κ2) is 6.12. The molecule has 2 aliphatic heterocycles. The number of rotatable bonds is 1. The minimum atomic E-state index is -0.394. The van der Waals surface area contributed by atoms with Crippen LogP contribution in [0.4, 0.5) is 4.79 Å². The largest absolute Gasteiger partial charge is 0.444 e. The summed E-state index contributed by atoms with van der Waals surface area (Å²) >= 11 is 0. The first-order valence-corrected chi connectivity index (χ1v) is 7.68. The van der Waals surface area contributed by atoms with Crippen LogP contribution in [0, 0.1) is 0 Å². The van der Waals surface area contributed by atoms with Crippen LogP contribution in [-0.2, 0) is 4.74 Å². The van der Waals surface area contributed by atoms with E-state index in [1.807, 2.05) is 25.7 Å². The van der Waals surface area contributed by atoms with Gasteiger partial charge in [0, 0.05) is 19.1 Å². The lowest BCUT2D eigenvalue weighted by Crippen LogP contribution is -2.51. The number of carbonyl (C=O) groups is 1. The van der Waals surface area contributed by atoms with E-state index in [4.69, 9.17) is 4.74 Å². The van der Waals surface area contributed by atoms with Crippen LogP contribution in [0.15, 0.2) is 0 Å². The molecule has 1 amide bonds. The molecule has 0 aromatic heterocycles. The zero-order valence-electron chi connectivity index (χ0n) is 12.7. The number of amides is 1. The van der Waals surface area contributed by atoms with Crippen molar-refractivity contribution in [3.05, 3.63) is 0 Å². The molecule has 4 heteroatoms. The van der Waals surface area contributed by atoms with Crippen LogP contribution in [0.3, 0.4) is 0 Å². The first-order chi connectivity index (χ1) is 8.96. The van der Waals surface area contributed by atoms with Crippen molar-refractivity contribution in [3.8, 4) is 0 Å². The molecule has 1 atom stereocenters. The van der Waals surface area contributed by atoms with Gasteiger partial charge >= 0.3 is 6.09 Å². The van der Waals surface area contributed by atoms with E-state index in [0.717, 1.165) is 19.5 Å². The quantitative estimate of drug-likeness (QED) is 0.733. The molecule has 0 aromatic carbocycles. The Morgan fingerprint density at radius 2 is 1.74 bits per heavy atom. The van der Waals surface area contributed by atoms with E-state index in [9.17, 15) is 4.79 Å². The molecule has 110 valence electrons. The highest BCUT2D eigenvalue weighted by molar-refractivity contribution is 5.68. The van der Waals surface area contributed by atoms with Crippen LogP contribution >= 0.6 is 0 Å². The monoisotopic (exact) mass is 268 g/mol. The molecular weight excluding hydrogens is 240 g/mol. The molecule has 2 fully saturated rings. The second-order valence-corrected chi connectivity index (χ2v) is 6.82. The van der Waals surface area contributed by atoms with Crippen LogP contribution in [-0.4, -0.2) is 53.7 Å². The Morgan fingerprint density at radius 3 is 2.37 bits per heavy atom. The van der Waals surface area contributed by atoms with Crippen molar-refractivity contribution < 1.29 is 9.53 Å². The Bertz CT molecular complexity index is 306. The van der Waals surface area contributed by atoms with Gasteiger partial charge in [0.25, 0.3) is 0 Å².